The Morgan fingerprint density at radius 1 is 0.660 bits per heavy atom. The van der Waals surface area contributed by atoms with Crippen LogP contribution in [0.1, 0.15) is 26.7 Å². The van der Waals surface area contributed by atoms with E-state index in [9.17, 15) is 14.4 Å². The van der Waals surface area contributed by atoms with Gasteiger partial charge in [-0.3, -0.25) is 14.4 Å². The summed E-state index contributed by atoms with van der Waals surface area (Å²) in [5.74, 6) is -1.30. The van der Waals surface area contributed by atoms with Gasteiger partial charge >= 0.3 is 0 Å². The van der Waals surface area contributed by atoms with Gasteiger partial charge in [-0.1, -0.05) is 101 Å². The molecule has 11 heteroatoms. The number of amides is 3. The van der Waals surface area contributed by atoms with Gasteiger partial charge in [0.2, 0.25) is 5.91 Å². The third-order valence-electron chi connectivity index (χ3n) is 6.69. The second-order valence-corrected chi connectivity index (χ2v) is 12.9. The Labute approximate surface area is 296 Å². The topological polar surface area (TPSA) is 87.3 Å². The molecule has 1 atom stereocenters. The van der Waals surface area contributed by atoms with Crippen LogP contribution in [0.4, 0.5) is 11.4 Å². The van der Waals surface area contributed by atoms with Crippen molar-refractivity contribution in [3.05, 3.63) is 164 Å². The van der Waals surface area contributed by atoms with Crippen LogP contribution in [0.5, 0.6) is 0 Å². The second kappa shape index (κ2) is 16.0. The average molecular weight is 721 g/mol. The average Bonchev–Trinajstić information content (AvgIpc) is 3.07. The molecule has 5 aromatic carbocycles. The molecule has 5 aromatic rings. The first-order valence-corrected chi connectivity index (χ1v) is 16.5. The highest BCUT2D eigenvalue weighted by atomic mass is 35.5. The van der Waals surface area contributed by atoms with E-state index in [0.717, 1.165) is 10.5 Å². The standard InChI is InChI=1S/C36H25Cl4N3O3S/c37-25-12-11-24(29(39)20-25)19-32(43-34(44)23-9-5-2-6-10-23)35(45)41-27-14-16-28(17-15-27)47-33(22-7-3-1-4-8-22)36(46)42-31-18-13-26(38)21-30(31)40/h1-21,33H,(H,41,45)(H,42,46)(H,43,44)/b32-19-. The first-order valence-electron chi connectivity index (χ1n) is 14.1. The van der Waals surface area contributed by atoms with Crippen LogP contribution < -0.4 is 16.0 Å². The molecule has 3 N–H and O–H groups in total. The van der Waals surface area contributed by atoms with Crippen molar-refractivity contribution in [1.29, 1.82) is 0 Å². The Hall–Kier alpha value is -4.24. The molecular weight excluding hydrogens is 696 g/mol. The zero-order chi connectivity index (χ0) is 33.3. The van der Waals surface area contributed by atoms with Crippen LogP contribution in [0.25, 0.3) is 6.08 Å². The number of nitrogens with one attached hydrogen (secondary N) is 3. The van der Waals surface area contributed by atoms with E-state index in [1.807, 2.05) is 30.3 Å². The van der Waals surface area contributed by atoms with Gasteiger partial charge in [0.15, 0.2) is 0 Å². The summed E-state index contributed by atoms with van der Waals surface area (Å²) in [7, 11) is 0. The van der Waals surface area contributed by atoms with Crippen molar-refractivity contribution in [2.45, 2.75) is 10.1 Å². The number of anilines is 2. The number of benzene rings is 5. The number of rotatable bonds is 10. The summed E-state index contributed by atoms with van der Waals surface area (Å²) in [6.45, 7) is 0. The molecule has 6 nitrogen and oxygen atoms in total. The Morgan fingerprint density at radius 3 is 1.91 bits per heavy atom. The highest BCUT2D eigenvalue weighted by Crippen LogP contribution is 2.37. The molecule has 47 heavy (non-hydrogen) atoms. The molecule has 0 spiro atoms. The van der Waals surface area contributed by atoms with Crippen LogP contribution in [-0.4, -0.2) is 17.7 Å². The molecule has 0 aliphatic carbocycles. The van der Waals surface area contributed by atoms with E-state index in [-0.39, 0.29) is 11.6 Å². The van der Waals surface area contributed by atoms with E-state index in [4.69, 9.17) is 46.4 Å². The molecule has 0 saturated heterocycles. The SMILES string of the molecule is O=C(Nc1ccc(SC(C(=O)Nc2ccc(Cl)cc2Cl)c2ccccc2)cc1)/C(=C/c1ccc(Cl)cc1Cl)NC(=O)c1ccccc1. The normalized spacial score (nSPS) is 11.8. The molecule has 0 radical (unpaired) electrons. The zero-order valence-corrected chi connectivity index (χ0v) is 28.2. The minimum atomic E-state index is -0.616. The Morgan fingerprint density at radius 2 is 1.28 bits per heavy atom. The molecule has 0 bridgehead atoms. The lowest BCUT2D eigenvalue weighted by molar-refractivity contribution is -0.116. The van der Waals surface area contributed by atoms with Crippen molar-refractivity contribution < 1.29 is 14.4 Å². The van der Waals surface area contributed by atoms with Crippen molar-refractivity contribution >= 4 is 93.3 Å². The summed E-state index contributed by atoms with van der Waals surface area (Å²) in [5.41, 5.74) is 2.56. The van der Waals surface area contributed by atoms with E-state index in [2.05, 4.69) is 16.0 Å². The highest BCUT2D eigenvalue weighted by molar-refractivity contribution is 8.00. The van der Waals surface area contributed by atoms with Crippen molar-refractivity contribution in [2.24, 2.45) is 0 Å². The maximum absolute atomic E-state index is 13.5. The maximum Gasteiger partial charge on any atom is 0.272 e. The number of thioether (sulfide) groups is 1. The van der Waals surface area contributed by atoms with Gasteiger partial charge in [-0.05, 0) is 83.9 Å². The lowest BCUT2D eigenvalue weighted by Gasteiger charge is -2.18. The first-order chi connectivity index (χ1) is 22.7. The molecular formula is C36H25Cl4N3O3S. The van der Waals surface area contributed by atoms with E-state index < -0.39 is 17.1 Å². The van der Waals surface area contributed by atoms with Gasteiger partial charge in [-0.15, -0.1) is 11.8 Å². The lowest BCUT2D eigenvalue weighted by Crippen LogP contribution is -2.30. The molecule has 0 aliphatic heterocycles. The quantitative estimate of drug-likeness (QED) is 0.0990. The monoisotopic (exact) mass is 719 g/mol. The van der Waals surface area contributed by atoms with Gasteiger partial charge in [-0.25, -0.2) is 0 Å². The molecule has 236 valence electrons. The van der Waals surface area contributed by atoms with Crippen molar-refractivity contribution in [2.75, 3.05) is 10.6 Å². The predicted octanol–water partition coefficient (Wildman–Crippen LogP) is 10.2. The minimum absolute atomic E-state index is 0.0248. The number of carbonyl (C=O) groups is 3. The molecule has 0 aliphatic rings. The Kier molecular flexibility index (Phi) is 11.6. The number of halogens is 4. The Balaban J connectivity index is 1.34. The summed E-state index contributed by atoms with van der Waals surface area (Å²) >= 11 is 26.1. The summed E-state index contributed by atoms with van der Waals surface area (Å²) in [6.07, 6.45) is 1.48. The van der Waals surface area contributed by atoms with E-state index in [1.165, 1.54) is 17.8 Å². The molecule has 5 rings (SSSR count). The summed E-state index contributed by atoms with van der Waals surface area (Å²) in [4.78, 5) is 40.7. The van der Waals surface area contributed by atoms with Crippen molar-refractivity contribution in [3.63, 3.8) is 0 Å². The largest absolute Gasteiger partial charge is 0.323 e. The van der Waals surface area contributed by atoms with Gasteiger partial charge in [0.25, 0.3) is 11.8 Å². The second-order valence-electron chi connectivity index (χ2n) is 10.0. The lowest BCUT2D eigenvalue weighted by atomic mass is 10.1. The number of hydrogen-bond donors (Lipinski definition) is 3. The molecule has 0 heterocycles. The maximum atomic E-state index is 13.5. The summed E-state index contributed by atoms with van der Waals surface area (Å²) in [5, 5.41) is 9.33. The van der Waals surface area contributed by atoms with E-state index in [1.54, 1.807) is 91.0 Å². The van der Waals surface area contributed by atoms with Crippen LogP contribution in [0.3, 0.4) is 0 Å². The van der Waals surface area contributed by atoms with Crippen LogP contribution in [0, 0.1) is 0 Å². The van der Waals surface area contributed by atoms with Crippen molar-refractivity contribution in [3.8, 4) is 0 Å². The first kappa shape index (κ1) is 34.1. The predicted molar refractivity (Wildman–Crippen MR) is 194 cm³/mol. The molecule has 1 unspecified atom stereocenters. The van der Waals surface area contributed by atoms with Crippen LogP contribution >= 0.6 is 58.2 Å². The highest BCUT2D eigenvalue weighted by Gasteiger charge is 2.23. The summed E-state index contributed by atoms with van der Waals surface area (Å²) in [6, 6.07) is 34.6. The fraction of sp³-hybridized carbons (Fsp3) is 0.0278. The van der Waals surface area contributed by atoms with Gasteiger partial charge in [0.05, 0.1) is 10.7 Å². The molecule has 0 aromatic heterocycles. The third kappa shape index (κ3) is 9.41. The molecule has 0 saturated carbocycles. The molecule has 3 amide bonds. The number of carbonyl (C=O) groups excluding carboxylic acids is 3. The fourth-order valence-electron chi connectivity index (χ4n) is 4.36. The zero-order valence-electron chi connectivity index (χ0n) is 24.3. The van der Waals surface area contributed by atoms with E-state index >= 15 is 0 Å². The fourth-order valence-corrected chi connectivity index (χ4v) is 6.30. The minimum Gasteiger partial charge on any atom is -0.323 e. The van der Waals surface area contributed by atoms with Crippen LogP contribution in [0.15, 0.2) is 132 Å². The van der Waals surface area contributed by atoms with Gasteiger partial charge in [-0.2, -0.15) is 0 Å². The summed E-state index contributed by atoms with van der Waals surface area (Å²) < 4.78 is 0. The van der Waals surface area contributed by atoms with Crippen molar-refractivity contribution in [1.82, 2.24) is 5.32 Å². The van der Waals surface area contributed by atoms with Crippen LogP contribution in [0.2, 0.25) is 20.1 Å². The smallest absolute Gasteiger partial charge is 0.272 e. The van der Waals surface area contributed by atoms with Crippen LogP contribution in [-0.2, 0) is 9.59 Å². The van der Waals surface area contributed by atoms with Gasteiger partial charge in [0, 0.05) is 31.2 Å². The number of hydrogen-bond acceptors (Lipinski definition) is 4. The third-order valence-corrected chi connectivity index (χ3v) is 9.06. The van der Waals surface area contributed by atoms with Gasteiger partial charge in [0.1, 0.15) is 10.9 Å². The Bertz CT molecular complexity index is 1940. The van der Waals surface area contributed by atoms with E-state index in [0.29, 0.717) is 42.6 Å². The molecule has 0 fully saturated rings. The van der Waals surface area contributed by atoms with Gasteiger partial charge < -0.3 is 16.0 Å².